The van der Waals surface area contributed by atoms with Crippen molar-refractivity contribution in [1.29, 1.82) is 5.26 Å². The molecule has 1 aromatic rings. The molecule has 0 bridgehead atoms. The van der Waals surface area contributed by atoms with E-state index in [1.165, 1.54) is 32.4 Å². The summed E-state index contributed by atoms with van der Waals surface area (Å²) < 4.78 is 0. The van der Waals surface area contributed by atoms with Crippen molar-refractivity contribution in [2.75, 3.05) is 31.1 Å². The highest BCUT2D eigenvalue weighted by Crippen LogP contribution is 2.27. The van der Waals surface area contributed by atoms with Gasteiger partial charge in [0.1, 0.15) is 6.07 Å². The Bertz CT molecular complexity index is 614. The molecule has 2 aliphatic heterocycles. The van der Waals surface area contributed by atoms with E-state index in [0.717, 1.165) is 31.6 Å². The Labute approximate surface area is 138 Å². The predicted octanol–water partition coefficient (Wildman–Crippen LogP) is 3.22. The molecule has 0 aliphatic carbocycles. The largest absolute Gasteiger partial charge is 0.370 e. The van der Waals surface area contributed by atoms with E-state index in [4.69, 9.17) is 0 Å². The van der Waals surface area contributed by atoms with Gasteiger partial charge in [0.05, 0.1) is 11.3 Å². The third-order valence-corrected chi connectivity index (χ3v) is 5.22. The summed E-state index contributed by atoms with van der Waals surface area (Å²) in [5, 5.41) is 9.40. The molecular formula is C19H25N3O. The van der Waals surface area contributed by atoms with Crippen molar-refractivity contribution in [1.82, 2.24) is 4.90 Å². The van der Waals surface area contributed by atoms with Gasteiger partial charge in [-0.05, 0) is 70.3 Å². The fraction of sp³-hybridized carbons (Fsp3) is 0.579. The molecule has 4 nitrogen and oxygen atoms in total. The van der Waals surface area contributed by atoms with Gasteiger partial charge in [-0.1, -0.05) is 0 Å². The van der Waals surface area contributed by atoms with Crippen molar-refractivity contribution in [3.63, 3.8) is 0 Å². The number of benzene rings is 1. The zero-order valence-electron chi connectivity index (χ0n) is 13.9. The molecule has 2 saturated heterocycles. The van der Waals surface area contributed by atoms with E-state index in [0.29, 0.717) is 17.2 Å². The second kappa shape index (κ2) is 7.14. The van der Waals surface area contributed by atoms with Gasteiger partial charge >= 0.3 is 0 Å². The van der Waals surface area contributed by atoms with Crippen LogP contribution in [-0.2, 0) is 0 Å². The van der Waals surface area contributed by atoms with E-state index in [-0.39, 0.29) is 5.78 Å². The highest BCUT2D eigenvalue weighted by Gasteiger charge is 2.25. The van der Waals surface area contributed by atoms with Crippen molar-refractivity contribution in [2.45, 2.75) is 45.1 Å². The van der Waals surface area contributed by atoms with Crippen LogP contribution in [0.1, 0.15) is 54.9 Å². The van der Waals surface area contributed by atoms with Gasteiger partial charge in [-0.3, -0.25) is 4.79 Å². The van der Waals surface area contributed by atoms with E-state index >= 15 is 0 Å². The summed E-state index contributed by atoms with van der Waals surface area (Å²) in [4.78, 5) is 16.6. The van der Waals surface area contributed by atoms with Crippen LogP contribution >= 0.6 is 0 Å². The molecule has 122 valence electrons. The molecule has 23 heavy (non-hydrogen) atoms. The second-order valence-electron chi connectivity index (χ2n) is 6.71. The van der Waals surface area contributed by atoms with Gasteiger partial charge in [0.15, 0.2) is 5.78 Å². The Morgan fingerprint density at radius 1 is 1.13 bits per heavy atom. The lowest BCUT2D eigenvalue weighted by Gasteiger charge is -2.27. The maximum atomic E-state index is 11.7. The highest BCUT2D eigenvalue weighted by atomic mass is 16.1. The van der Waals surface area contributed by atoms with Crippen LogP contribution in [0.15, 0.2) is 18.2 Å². The number of carbonyl (C=O) groups excluding carboxylic acids is 1. The molecule has 1 unspecified atom stereocenters. The lowest BCUT2D eigenvalue weighted by Crippen LogP contribution is -2.34. The maximum absolute atomic E-state index is 11.7. The number of carbonyl (C=O) groups is 1. The molecule has 0 spiro atoms. The average molecular weight is 311 g/mol. The zero-order valence-corrected chi connectivity index (χ0v) is 13.9. The van der Waals surface area contributed by atoms with E-state index in [2.05, 4.69) is 15.9 Å². The number of hydrogen-bond acceptors (Lipinski definition) is 4. The fourth-order valence-corrected chi connectivity index (χ4v) is 3.90. The summed E-state index contributed by atoms with van der Waals surface area (Å²) in [6.45, 7) is 6.01. The van der Waals surface area contributed by atoms with Crippen molar-refractivity contribution in [3.8, 4) is 6.07 Å². The second-order valence-corrected chi connectivity index (χ2v) is 6.71. The number of nitrogens with zero attached hydrogens (tertiary/aromatic N) is 3. The number of likely N-dealkylation sites (tertiary alicyclic amines) is 1. The third kappa shape index (κ3) is 3.56. The molecule has 0 radical (unpaired) electrons. The molecule has 0 saturated carbocycles. The number of anilines is 1. The molecule has 0 N–H and O–H groups in total. The minimum absolute atomic E-state index is 0.0560. The molecule has 4 heteroatoms. The lowest BCUT2D eigenvalue weighted by molar-refractivity contribution is 0.101. The molecular weight excluding hydrogens is 286 g/mol. The number of rotatable bonds is 3. The number of hydrogen-bond donors (Lipinski definition) is 0. The fourth-order valence-electron chi connectivity index (χ4n) is 3.90. The highest BCUT2D eigenvalue weighted by molar-refractivity contribution is 5.95. The van der Waals surface area contributed by atoms with Gasteiger partial charge in [0.25, 0.3) is 0 Å². The Morgan fingerprint density at radius 2 is 1.91 bits per heavy atom. The first-order valence-electron chi connectivity index (χ1n) is 8.73. The first-order chi connectivity index (χ1) is 11.2. The van der Waals surface area contributed by atoms with Crippen LogP contribution < -0.4 is 4.90 Å². The third-order valence-electron chi connectivity index (χ3n) is 5.22. The SMILES string of the molecule is CC(=O)c1ccc(C#N)c(N2CCCC(N3CCCC3)CC2)c1. The van der Waals surface area contributed by atoms with Gasteiger partial charge in [0.2, 0.25) is 0 Å². The Balaban J connectivity index is 1.77. The van der Waals surface area contributed by atoms with Gasteiger partial charge in [-0.15, -0.1) is 0 Å². The monoisotopic (exact) mass is 311 g/mol. The molecule has 0 aromatic heterocycles. The first kappa shape index (κ1) is 16.0. The summed E-state index contributed by atoms with van der Waals surface area (Å²) in [6, 6.07) is 8.41. The van der Waals surface area contributed by atoms with Crippen LogP contribution in [0, 0.1) is 11.3 Å². The predicted molar refractivity (Wildman–Crippen MR) is 91.8 cm³/mol. The number of nitriles is 1. The van der Waals surface area contributed by atoms with Crippen LogP contribution in [0.25, 0.3) is 0 Å². The smallest absolute Gasteiger partial charge is 0.159 e. The van der Waals surface area contributed by atoms with Crippen LogP contribution in [0.5, 0.6) is 0 Å². The van der Waals surface area contributed by atoms with E-state index in [1.807, 2.05) is 6.07 Å². The van der Waals surface area contributed by atoms with E-state index in [9.17, 15) is 10.1 Å². The average Bonchev–Trinajstić information content (AvgIpc) is 2.99. The summed E-state index contributed by atoms with van der Waals surface area (Å²) in [7, 11) is 0. The summed E-state index contributed by atoms with van der Waals surface area (Å²) in [6.07, 6.45) is 6.20. The minimum Gasteiger partial charge on any atom is -0.370 e. The Hall–Kier alpha value is -1.86. The van der Waals surface area contributed by atoms with Crippen molar-refractivity contribution in [3.05, 3.63) is 29.3 Å². The van der Waals surface area contributed by atoms with Gasteiger partial charge in [-0.2, -0.15) is 5.26 Å². The van der Waals surface area contributed by atoms with E-state index < -0.39 is 0 Å². The molecule has 0 amide bonds. The van der Waals surface area contributed by atoms with Crippen LogP contribution in [0.3, 0.4) is 0 Å². The topological polar surface area (TPSA) is 47.3 Å². The molecule has 2 heterocycles. The normalized spacial score (nSPS) is 22.6. The molecule has 2 fully saturated rings. The Morgan fingerprint density at radius 3 is 2.61 bits per heavy atom. The van der Waals surface area contributed by atoms with Gasteiger partial charge in [0, 0.05) is 24.7 Å². The van der Waals surface area contributed by atoms with Crippen molar-refractivity contribution >= 4 is 11.5 Å². The number of ketones is 1. The molecule has 3 rings (SSSR count). The van der Waals surface area contributed by atoms with Crippen LogP contribution in [0.2, 0.25) is 0 Å². The summed E-state index contributed by atoms with van der Waals surface area (Å²) in [5.41, 5.74) is 2.30. The Kier molecular flexibility index (Phi) is 4.97. The summed E-state index contributed by atoms with van der Waals surface area (Å²) >= 11 is 0. The lowest BCUT2D eigenvalue weighted by atomic mass is 10.1. The molecule has 1 aromatic carbocycles. The maximum Gasteiger partial charge on any atom is 0.159 e. The molecule has 1 atom stereocenters. The molecule has 2 aliphatic rings. The minimum atomic E-state index is 0.0560. The standard InChI is InChI=1S/C19H25N3O/c1-15(23)16-6-7-17(14-20)19(13-16)22-11-4-5-18(8-12-22)21-9-2-3-10-21/h6-7,13,18H,2-5,8-12H2,1H3. The quantitative estimate of drug-likeness (QED) is 0.804. The first-order valence-corrected chi connectivity index (χ1v) is 8.73. The van der Waals surface area contributed by atoms with Crippen molar-refractivity contribution in [2.24, 2.45) is 0 Å². The van der Waals surface area contributed by atoms with Gasteiger partial charge < -0.3 is 9.80 Å². The van der Waals surface area contributed by atoms with Crippen LogP contribution in [-0.4, -0.2) is 42.9 Å². The van der Waals surface area contributed by atoms with Crippen molar-refractivity contribution < 1.29 is 4.79 Å². The summed E-state index contributed by atoms with van der Waals surface area (Å²) in [5.74, 6) is 0.0560. The van der Waals surface area contributed by atoms with E-state index in [1.54, 1.807) is 19.1 Å². The van der Waals surface area contributed by atoms with Gasteiger partial charge in [-0.25, -0.2) is 0 Å². The number of Topliss-reactive ketones (excluding diaryl/α,β-unsaturated/α-hetero) is 1. The zero-order chi connectivity index (χ0) is 16.2. The van der Waals surface area contributed by atoms with Crippen LogP contribution in [0.4, 0.5) is 5.69 Å².